The number of pyridine rings is 1. The van der Waals surface area contributed by atoms with E-state index in [0.717, 1.165) is 34.8 Å². The summed E-state index contributed by atoms with van der Waals surface area (Å²) < 4.78 is 3.73. The Kier molecular flexibility index (Phi) is 8.02. The molecular formula is C25H26ClN10O7S2+. The van der Waals surface area contributed by atoms with Crippen molar-refractivity contribution in [1.29, 1.82) is 0 Å². The van der Waals surface area contributed by atoms with Gasteiger partial charge in [0.25, 0.3) is 11.8 Å². The molecule has 8 N–H and O–H groups in total. The van der Waals surface area contributed by atoms with Crippen molar-refractivity contribution in [3.8, 4) is 0 Å². The molecule has 2 amide bonds. The number of fused-ring (bicyclic) bond motifs is 2. The van der Waals surface area contributed by atoms with Gasteiger partial charge in [-0.05, 0) is 24.0 Å². The molecular weight excluding hydrogens is 652 g/mol. The number of rotatable bonds is 10. The number of imidazole rings is 1. The molecule has 0 spiro atoms. The van der Waals surface area contributed by atoms with E-state index in [9.17, 15) is 24.3 Å². The first-order chi connectivity index (χ1) is 21.5. The normalized spacial score (nSPS) is 20.8. The summed E-state index contributed by atoms with van der Waals surface area (Å²) >= 11 is 8.30. The molecule has 6 heterocycles. The summed E-state index contributed by atoms with van der Waals surface area (Å²) in [5.74, 6) is -3.64. The van der Waals surface area contributed by atoms with E-state index >= 15 is 0 Å². The van der Waals surface area contributed by atoms with Gasteiger partial charge in [0.05, 0.1) is 12.2 Å². The van der Waals surface area contributed by atoms with Crippen LogP contribution in [-0.4, -0.2) is 95.5 Å². The van der Waals surface area contributed by atoms with E-state index in [1.807, 2.05) is 16.7 Å². The average Bonchev–Trinajstić information content (AvgIpc) is 3.48. The zero-order valence-electron chi connectivity index (χ0n) is 23.3. The van der Waals surface area contributed by atoms with Gasteiger partial charge in [0.15, 0.2) is 10.8 Å². The minimum absolute atomic E-state index is 0.00853. The molecule has 2 fully saturated rings. The van der Waals surface area contributed by atoms with Gasteiger partial charge in [-0.2, -0.15) is 0 Å². The Morgan fingerprint density at radius 1 is 1.31 bits per heavy atom. The highest BCUT2D eigenvalue weighted by Gasteiger charge is 2.54. The molecule has 0 radical (unpaired) electrons. The quantitative estimate of drug-likeness (QED) is 0.0679. The molecule has 236 valence electrons. The second kappa shape index (κ2) is 11.8. The fourth-order valence-corrected chi connectivity index (χ4v) is 7.41. The number of halogens is 1. The highest BCUT2D eigenvalue weighted by Crippen LogP contribution is 2.40. The Balaban J connectivity index is 1.25. The maximum absolute atomic E-state index is 13.4. The van der Waals surface area contributed by atoms with Crippen LogP contribution in [0.3, 0.4) is 0 Å². The molecule has 6 rings (SSSR count). The highest BCUT2D eigenvalue weighted by atomic mass is 35.5. The minimum Gasteiger partial charge on any atom is -0.478 e. The first-order valence-corrected chi connectivity index (χ1v) is 15.7. The van der Waals surface area contributed by atoms with Crippen LogP contribution in [0, 0.1) is 0 Å². The molecule has 0 aromatic carbocycles. The third-order valence-electron chi connectivity index (χ3n) is 7.46. The molecule has 2 saturated heterocycles. The average molecular weight is 678 g/mol. The number of carboxylic acids is 2. The molecule has 3 atom stereocenters. The molecule has 17 nitrogen and oxygen atoms in total. The number of hydrogen-bond acceptors (Lipinski definition) is 13. The Hall–Kier alpha value is -4.46. The minimum atomic E-state index is -1.41. The number of nitrogens with one attached hydrogen (secondary N) is 2. The molecule has 0 aliphatic carbocycles. The molecule has 0 saturated carbocycles. The summed E-state index contributed by atoms with van der Waals surface area (Å²) in [6, 6.07) is 2.76. The number of anilines is 2. The van der Waals surface area contributed by atoms with Crippen LogP contribution < -0.4 is 26.7 Å². The van der Waals surface area contributed by atoms with Gasteiger partial charge in [-0.3, -0.25) is 19.1 Å². The largest absolute Gasteiger partial charge is 0.478 e. The Labute approximate surface area is 266 Å². The van der Waals surface area contributed by atoms with Crippen LogP contribution in [0.25, 0.3) is 11.2 Å². The third kappa shape index (κ3) is 5.40. The van der Waals surface area contributed by atoms with Gasteiger partial charge in [0, 0.05) is 24.4 Å². The van der Waals surface area contributed by atoms with Gasteiger partial charge in [-0.25, -0.2) is 19.1 Å². The number of β-lactam (4-membered cyclic amide) rings is 1. The zero-order valence-corrected chi connectivity index (χ0v) is 25.7. The van der Waals surface area contributed by atoms with Crippen molar-refractivity contribution >= 4 is 86.4 Å². The van der Waals surface area contributed by atoms with Crippen LogP contribution in [-0.2, 0) is 30.6 Å². The van der Waals surface area contributed by atoms with Gasteiger partial charge in [0.1, 0.15) is 39.2 Å². The lowest BCUT2D eigenvalue weighted by molar-refractivity contribution is -0.664. The number of carboxylic acid groups (broad SMARTS) is 2. The van der Waals surface area contributed by atoms with E-state index < -0.39 is 47.0 Å². The summed E-state index contributed by atoms with van der Waals surface area (Å²) in [5.41, 5.74) is 13.0. The molecule has 0 bridgehead atoms. The van der Waals surface area contributed by atoms with E-state index in [0.29, 0.717) is 17.2 Å². The first kappa shape index (κ1) is 30.6. The number of carbonyl (C=O) groups excluding carboxylic acids is 2. The number of nitrogens with zero attached hydrogens (tertiary/aromatic N) is 6. The molecule has 3 aliphatic rings. The number of carbonyl (C=O) groups is 4. The summed E-state index contributed by atoms with van der Waals surface area (Å²) in [5, 5.41) is 28.0. The van der Waals surface area contributed by atoms with Crippen LogP contribution in [0.4, 0.5) is 11.1 Å². The molecule has 2 unspecified atom stereocenters. The SMILES string of the molecule is C[C@H](ON=C(C(=O)NC1C(=O)N2C(C(=O)O)=C(C[n+]3cccc4c3nc(N)n4C3CNC3)CSC12)c1nc(N)sc1Cl)C(=O)O. The van der Waals surface area contributed by atoms with Gasteiger partial charge >= 0.3 is 23.5 Å². The lowest BCUT2D eigenvalue weighted by Gasteiger charge is -2.49. The van der Waals surface area contributed by atoms with Gasteiger partial charge in [-0.1, -0.05) is 28.1 Å². The van der Waals surface area contributed by atoms with Crippen LogP contribution >= 0.6 is 34.7 Å². The summed E-state index contributed by atoms with van der Waals surface area (Å²) in [7, 11) is 0. The summed E-state index contributed by atoms with van der Waals surface area (Å²) in [6.07, 6.45) is 0.357. The van der Waals surface area contributed by atoms with Crippen molar-refractivity contribution in [2.24, 2.45) is 5.16 Å². The lowest BCUT2D eigenvalue weighted by atomic mass is 10.0. The number of nitrogens with two attached hydrogens (primary N) is 2. The second-order valence-electron chi connectivity index (χ2n) is 10.3. The number of thiazole rings is 1. The van der Waals surface area contributed by atoms with Gasteiger partial charge in [-0.15, -0.1) is 11.8 Å². The van der Waals surface area contributed by atoms with Crippen LogP contribution in [0.15, 0.2) is 34.8 Å². The molecule has 3 aromatic rings. The van der Waals surface area contributed by atoms with E-state index in [2.05, 4.69) is 25.8 Å². The third-order valence-corrected chi connectivity index (χ3v) is 9.89. The number of nitrogen functional groups attached to an aromatic ring is 2. The van der Waals surface area contributed by atoms with Crippen molar-refractivity contribution in [3.63, 3.8) is 0 Å². The van der Waals surface area contributed by atoms with Crippen LogP contribution in [0.1, 0.15) is 18.7 Å². The summed E-state index contributed by atoms with van der Waals surface area (Å²) in [6.45, 7) is 2.86. The molecule has 3 aromatic heterocycles. The Morgan fingerprint density at radius 3 is 2.69 bits per heavy atom. The fourth-order valence-electron chi connectivity index (χ4n) is 5.15. The number of thioether (sulfide) groups is 1. The zero-order chi connectivity index (χ0) is 32.2. The number of aliphatic carboxylic acids is 2. The number of amides is 2. The second-order valence-corrected chi connectivity index (χ2v) is 13.1. The van der Waals surface area contributed by atoms with E-state index in [1.165, 1.54) is 18.7 Å². The Morgan fingerprint density at radius 2 is 2.07 bits per heavy atom. The summed E-state index contributed by atoms with van der Waals surface area (Å²) in [4.78, 5) is 65.0. The molecule has 3 aliphatic heterocycles. The predicted octanol–water partition coefficient (Wildman–Crippen LogP) is -0.625. The molecule has 20 heteroatoms. The fraction of sp³-hybridized carbons (Fsp3) is 0.360. The maximum atomic E-state index is 13.4. The smallest absolute Gasteiger partial charge is 0.352 e. The first-order valence-electron chi connectivity index (χ1n) is 13.4. The van der Waals surface area contributed by atoms with Crippen molar-refractivity contribution < 1.29 is 38.8 Å². The van der Waals surface area contributed by atoms with Crippen LogP contribution in [0.2, 0.25) is 4.34 Å². The van der Waals surface area contributed by atoms with Crippen molar-refractivity contribution in [3.05, 3.63) is 39.6 Å². The van der Waals surface area contributed by atoms with E-state index in [4.69, 9.17) is 33.0 Å². The van der Waals surface area contributed by atoms with Gasteiger partial charge in [0.2, 0.25) is 6.10 Å². The Bertz CT molecular complexity index is 1820. The van der Waals surface area contributed by atoms with Crippen molar-refractivity contribution in [2.75, 3.05) is 30.3 Å². The number of hydrogen-bond donors (Lipinski definition) is 6. The lowest BCUT2D eigenvalue weighted by Crippen LogP contribution is -2.71. The van der Waals surface area contributed by atoms with Crippen LogP contribution in [0.5, 0.6) is 0 Å². The highest BCUT2D eigenvalue weighted by molar-refractivity contribution is 8.00. The standard InChI is InChI=1S/C25H25ClN10O7S2/c1-9(22(39)40)43-33-14(13-17(26)45-25(28)31-13)19(37)30-15-20(38)36-16(23(41)42)10(8-44-21(15)36)7-34-4-2-3-12-18(34)32-24(27)35(12)11-5-29-6-11/h2-4,9,11,15,21,27,29H,5-8H2,1H3,(H5,28,30,31,37,39,40,41,42)/p+1/t9-,15?,21?/m0/s1. The number of oxime groups is 1. The topological polar surface area (TPSA) is 244 Å². The number of aromatic nitrogens is 4. The van der Waals surface area contributed by atoms with Gasteiger partial charge < -0.3 is 37.2 Å². The monoisotopic (exact) mass is 677 g/mol. The predicted molar refractivity (Wildman–Crippen MR) is 162 cm³/mol. The van der Waals surface area contributed by atoms with Crippen molar-refractivity contribution in [1.82, 2.24) is 30.1 Å². The maximum Gasteiger partial charge on any atom is 0.352 e. The van der Waals surface area contributed by atoms with E-state index in [1.54, 1.807) is 10.8 Å². The van der Waals surface area contributed by atoms with E-state index in [-0.39, 0.29) is 39.2 Å². The molecule has 45 heavy (non-hydrogen) atoms. The van der Waals surface area contributed by atoms with Crippen molar-refractivity contribution in [2.45, 2.75) is 37.0 Å².